The quantitative estimate of drug-likeness (QED) is 0.593. The Morgan fingerprint density at radius 2 is 1.81 bits per heavy atom. The lowest BCUT2D eigenvalue weighted by atomic mass is 10.2. The Morgan fingerprint density at radius 1 is 1.06 bits per heavy atom. The van der Waals surface area contributed by atoms with Crippen LogP contribution in [0.5, 0.6) is 0 Å². The molecule has 1 aromatic heterocycles. The third kappa shape index (κ3) is 4.58. The molecule has 0 saturated carbocycles. The number of hydrogen-bond acceptors (Lipinski definition) is 5. The van der Waals surface area contributed by atoms with Crippen molar-refractivity contribution in [2.45, 2.75) is 24.8 Å². The fourth-order valence-electron chi connectivity index (χ4n) is 3.70. The van der Waals surface area contributed by atoms with Gasteiger partial charge in [-0.05, 0) is 54.4 Å². The van der Waals surface area contributed by atoms with Crippen molar-refractivity contribution in [2.75, 3.05) is 23.3 Å². The Bertz CT molecular complexity index is 1220. The summed E-state index contributed by atoms with van der Waals surface area (Å²) in [6, 6.07) is 16.8. The van der Waals surface area contributed by atoms with Crippen LogP contribution in [0.1, 0.15) is 18.2 Å². The van der Waals surface area contributed by atoms with E-state index in [1.165, 1.54) is 37.5 Å². The predicted molar refractivity (Wildman–Crippen MR) is 120 cm³/mol. The molecule has 0 spiro atoms. The Labute approximate surface area is 186 Å². The first-order valence-corrected chi connectivity index (χ1v) is 11.6. The number of rotatable bonds is 7. The molecule has 0 fully saturated rings. The average Bonchev–Trinajstić information content (AvgIpc) is 3.43. The van der Waals surface area contributed by atoms with Gasteiger partial charge in [-0.15, -0.1) is 0 Å². The maximum Gasteiger partial charge on any atom is 0.243 e. The molecule has 0 aliphatic carbocycles. The van der Waals surface area contributed by atoms with E-state index in [1.54, 1.807) is 17.0 Å². The minimum atomic E-state index is -4.01. The highest BCUT2D eigenvalue weighted by Gasteiger charge is 2.32. The highest BCUT2D eigenvalue weighted by molar-refractivity contribution is 7.89. The molecule has 4 rings (SSSR count). The van der Waals surface area contributed by atoms with Gasteiger partial charge in [0.15, 0.2) is 0 Å². The monoisotopic (exact) mass is 453 g/mol. The van der Waals surface area contributed by atoms with Crippen molar-refractivity contribution in [1.29, 1.82) is 0 Å². The van der Waals surface area contributed by atoms with Gasteiger partial charge in [-0.1, -0.05) is 18.2 Å². The lowest BCUT2D eigenvalue weighted by Crippen LogP contribution is -2.42. The van der Waals surface area contributed by atoms with Crippen LogP contribution < -0.4 is 10.2 Å². The van der Waals surface area contributed by atoms with Crippen molar-refractivity contribution < 1.29 is 22.4 Å². The van der Waals surface area contributed by atoms with Crippen LogP contribution in [0.2, 0.25) is 0 Å². The zero-order chi connectivity index (χ0) is 22.7. The molecule has 0 atom stereocenters. The minimum Gasteiger partial charge on any atom is -0.468 e. The fourth-order valence-corrected chi connectivity index (χ4v) is 5.05. The predicted octanol–water partition coefficient (Wildman–Crippen LogP) is 3.02. The summed E-state index contributed by atoms with van der Waals surface area (Å²) in [6.07, 6.45) is 2.19. The van der Waals surface area contributed by atoms with Crippen LogP contribution in [-0.4, -0.2) is 37.6 Å². The lowest BCUT2D eigenvalue weighted by molar-refractivity contribution is -0.119. The van der Waals surface area contributed by atoms with Crippen LogP contribution in [-0.2, 0) is 32.6 Å². The summed E-state index contributed by atoms with van der Waals surface area (Å²) in [5.41, 5.74) is 2.36. The summed E-state index contributed by atoms with van der Waals surface area (Å²) in [5, 5.41) is 2.60. The minimum absolute atomic E-state index is 0.0211. The van der Waals surface area contributed by atoms with Crippen LogP contribution >= 0.6 is 0 Å². The van der Waals surface area contributed by atoms with E-state index in [0.717, 1.165) is 22.0 Å². The third-order valence-electron chi connectivity index (χ3n) is 5.22. The van der Waals surface area contributed by atoms with E-state index in [0.29, 0.717) is 18.0 Å². The van der Waals surface area contributed by atoms with Gasteiger partial charge in [-0.3, -0.25) is 9.59 Å². The van der Waals surface area contributed by atoms with Crippen LogP contribution in [0, 0.1) is 0 Å². The molecule has 2 amide bonds. The molecule has 1 aliphatic heterocycles. The number of amides is 2. The van der Waals surface area contributed by atoms with E-state index < -0.39 is 10.0 Å². The molecule has 166 valence electrons. The second-order valence-electron chi connectivity index (χ2n) is 7.48. The molecule has 2 aromatic carbocycles. The van der Waals surface area contributed by atoms with Gasteiger partial charge in [0.2, 0.25) is 21.8 Å². The number of furan rings is 1. The summed E-state index contributed by atoms with van der Waals surface area (Å²) >= 11 is 0. The number of fused-ring (bicyclic) bond motifs is 1. The van der Waals surface area contributed by atoms with Gasteiger partial charge in [0.25, 0.3) is 0 Å². The summed E-state index contributed by atoms with van der Waals surface area (Å²) in [6.45, 7) is 1.48. The topological polar surface area (TPSA) is 99.9 Å². The zero-order valence-corrected chi connectivity index (χ0v) is 18.3. The normalized spacial score (nSPS) is 13.2. The van der Waals surface area contributed by atoms with Crippen molar-refractivity contribution in [3.05, 3.63) is 78.3 Å². The molecule has 3 aromatic rings. The van der Waals surface area contributed by atoms with Crippen molar-refractivity contribution in [3.8, 4) is 0 Å². The second-order valence-corrected chi connectivity index (χ2v) is 9.42. The molecule has 1 aliphatic rings. The maximum absolute atomic E-state index is 13.4. The van der Waals surface area contributed by atoms with Crippen molar-refractivity contribution in [1.82, 2.24) is 4.31 Å². The van der Waals surface area contributed by atoms with E-state index in [-0.39, 0.29) is 29.8 Å². The molecular weight excluding hydrogens is 430 g/mol. The number of carbonyl (C=O) groups excluding carboxylic acids is 2. The van der Waals surface area contributed by atoms with E-state index in [9.17, 15) is 18.0 Å². The van der Waals surface area contributed by atoms with Gasteiger partial charge in [0, 0.05) is 24.8 Å². The van der Waals surface area contributed by atoms with E-state index in [1.807, 2.05) is 24.3 Å². The van der Waals surface area contributed by atoms with Crippen molar-refractivity contribution in [3.63, 3.8) is 0 Å². The Hall–Kier alpha value is -3.43. The number of carbonyl (C=O) groups is 2. The van der Waals surface area contributed by atoms with Gasteiger partial charge in [0.1, 0.15) is 5.76 Å². The summed E-state index contributed by atoms with van der Waals surface area (Å²) in [5.74, 6) is -0.130. The first kappa shape index (κ1) is 21.8. The average molecular weight is 454 g/mol. The van der Waals surface area contributed by atoms with Gasteiger partial charge in [-0.25, -0.2) is 8.42 Å². The van der Waals surface area contributed by atoms with E-state index in [2.05, 4.69) is 5.32 Å². The van der Waals surface area contributed by atoms with Crippen LogP contribution in [0.15, 0.2) is 76.2 Å². The Kier molecular flexibility index (Phi) is 6.11. The number of nitrogens with zero attached hydrogens (tertiary/aromatic N) is 2. The lowest BCUT2D eigenvalue weighted by Gasteiger charge is -2.24. The first-order valence-electron chi connectivity index (χ1n) is 10.1. The summed E-state index contributed by atoms with van der Waals surface area (Å²) in [7, 11) is -4.01. The summed E-state index contributed by atoms with van der Waals surface area (Å²) in [4.78, 5) is 26.0. The Morgan fingerprint density at radius 3 is 2.50 bits per heavy atom. The largest absolute Gasteiger partial charge is 0.468 e. The highest BCUT2D eigenvalue weighted by Crippen LogP contribution is 2.28. The molecule has 8 nitrogen and oxygen atoms in total. The fraction of sp³-hybridized carbons (Fsp3) is 0.217. The number of anilines is 2. The van der Waals surface area contributed by atoms with E-state index in [4.69, 9.17) is 4.42 Å². The number of hydrogen-bond donors (Lipinski definition) is 1. The number of nitrogens with one attached hydrogen (secondary N) is 1. The molecule has 9 heteroatoms. The van der Waals surface area contributed by atoms with Gasteiger partial charge in [0.05, 0.1) is 24.2 Å². The molecule has 0 unspecified atom stereocenters. The molecule has 0 saturated heterocycles. The van der Waals surface area contributed by atoms with E-state index >= 15 is 0 Å². The van der Waals surface area contributed by atoms with Crippen LogP contribution in [0.25, 0.3) is 0 Å². The zero-order valence-electron chi connectivity index (χ0n) is 17.5. The molecule has 2 heterocycles. The summed E-state index contributed by atoms with van der Waals surface area (Å²) < 4.78 is 33.3. The Balaban J connectivity index is 1.60. The molecular formula is C23H23N3O5S. The number of sulfonamides is 1. The van der Waals surface area contributed by atoms with Crippen molar-refractivity contribution >= 4 is 33.2 Å². The highest BCUT2D eigenvalue weighted by atomic mass is 32.2. The number of benzene rings is 2. The van der Waals surface area contributed by atoms with Gasteiger partial charge in [-0.2, -0.15) is 4.31 Å². The van der Waals surface area contributed by atoms with Gasteiger partial charge >= 0.3 is 0 Å². The molecule has 0 bridgehead atoms. The van der Waals surface area contributed by atoms with Crippen molar-refractivity contribution in [2.24, 2.45) is 0 Å². The van der Waals surface area contributed by atoms with Crippen LogP contribution in [0.3, 0.4) is 0 Å². The smallest absolute Gasteiger partial charge is 0.243 e. The molecule has 0 radical (unpaired) electrons. The molecule has 32 heavy (non-hydrogen) atoms. The third-order valence-corrected chi connectivity index (χ3v) is 7.03. The standard InChI is InChI=1S/C23H23N3O5S/c1-17(27)24-19-8-10-21(11-9-19)32(29,30)25(15-20-6-4-14-31-20)16-23(28)26-13-12-18-5-2-3-7-22(18)26/h2-11,14H,12-13,15-16H2,1H3,(H,24,27). The SMILES string of the molecule is CC(=O)Nc1ccc(S(=O)(=O)N(CC(=O)N2CCc3ccccc32)Cc2ccco2)cc1. The van der Waals surface area contributed by atoms with Gasteiger partial charge < -0.3 is 14.6 Å². The second kappa shape index (κ2) is 8.97. The maximum atomic E-state index is 13.4. The molecule has 1 N–H and O–H groups in total. The van der Waals surface area contributed by atoms with Crippen LogP contribution in [0.4, 0.5) is 11.4 Å². The first-order chi connectivity index (χ1) is 15.3. The number of para-hydroxylation sites is 1.